The maximum atomic E-state index is 12.3. The van der Waals surface area contributed by atoms with Crippen molar-refractivity contribution in [1.82, 2.24) is 20.9 Å². The highest BCUT2D eigenvalue weighted by molar-refractivity contribution is 14.0. The van der Waals surface area contributed by atoms with E-state index in [2.05, 4.69) is 74.0 Å². The van der Waals surface area contributed by atoms with Crippen molar-refractivity contribution in [2.45, 2.75) is 84.8 Å². The van der Waals surface area contributed by atoms with Crippen LogP contribution in [0.5, 0.6) is 0 Å². The quantitative estimate of drug-likeness (QED) is 0.216. The van der Waals surface area contributed by atoms with Gasteiger partial charge in [0, 0.05) is 43.2 Å². The number of nitrogens with zero attached hydrogens (tertiary/aromatic N) is 2. The summed E-state index contributed by atoms with van der Waals surface area (Å²) in [6, 6.07) is 11.2. The smallest absolute Gasteiger partial charge is 0.225 e. The molecule has 1 heterocycles. The topological polar surface area (TPSA) is 68.8 Å². The molecule has 6 nitrogen and oxygen atoms in total. The minimum atomic E-state index is -0.0509. The molecule has 0 bridgehead atoms. The van der Waals surface area contributed by atoms with Gasteiger partial charge in [-0.3, -0.25) is 9.79 Å². The number of amides is 1. The number of piperidine rings is 1. The third kappa shape index (κ3) is 9.08. The lowest BCUT2D eigenvalue weighted by atomic mass is 9.90. The second-order valence-electron chi connectivity index (χ2n) is 9.36. The van der Waals surface area contributed by atoms with E-state index in [1.165, 1.54) is 5.56 Å². The lowest BCUT2D eigenvalue weighted by molar-refractivity contribution is -0.135. The van der Waals surface area contributed by atoms with E-state index in [0.29, 0.717) is 6.04 Å². The highest BCUT2D eigenvalue weighted by atomic mass is 127. The Morgan fingerprint density at radius 3 is 2.21 bits per heavy atom. The van der Waals surface area contributed by atoms with Crippen LogP contribution in [0.25, 0.3) is 0 Å². The van der Waals surface area contributed by atoms with Gasteiger partial charge in [-0.25, -0.2) is 0 Å². The Balaban J connectivity index is 0.00000544. The number of benzene rings is 1. The predicted molar refractivity (Wildman–Crippen MR) is 150 cm³/mol. The maximum Gasteiger partial charge on any atom is 0.225 e. The first-order chi connectivity index (χ1) is 15.3. The van der Waals surface area contributed by atoms with Crippen LogP contribution in [0, 0.1) is 5.92 Å². The molecule has 1 saturated heterocycles. The van der Waals surface area contributed by atoms with Crippen LogP contribution >= 0.6 is 24.0 Å². The molecule has 1 aliphatic rings. The molecular formula is C26H46IN5O. The van der Waals surface area contributed by atoms with Crippen LogP contribution in [0.15, 0.2) is 35.3 Å². The van der Waals surface area contributed by atoms with Crippen molar-refractivity contribution in [1.29, 1.82) is 0 Å². The second kappa shape index (κ2) is 14.8. The third-order valence-electron chi connectivity index (χ3n) is 6.70. The summed E-state index contributed by atoms with van der Waals surface area (Å²) in [6.45, 7) is 15.9. The molecule has 3 N–H and O–H groups in total. The molecule has 1 amide bonds. The molecule has 0 aromatic heterocycles. The molecule has 33 heavy (non-hydrogen) atoms. The summed E-state index contributed by atoms with van der Waals surface area (Å²) in [5.74, 6) is 1.21. The number of guanidine groups is 1. The number of nitrogens with one attached hydrogen (secondary N) is 3. The van der Waals surface area contributed by atoms with Crippen LogP contribution in [-0.4, -0.2) is 54.5 Å². The van der Waals surface area contributed by atoms with Crippen LogP contribution in [0.2, 0.25) is 0 Å². The Morgan fingerprint density at radius 1 is 1.09 bits per heavy atom. The van der Waals surface area contributed by atoms with E-state index in [1.54, 1.807) is 0 Å². The SMILES string of the molecule is CCNC(=NCC(CC)(CC)NC(C)c1ccccc1)NC1CCN(C(=O)C(C)C)CC1.I. The zero-order chi connectivity index (χ0) is 23.6. The van der Waals surface area contributed by atoms with Gasteiger partial charge < -0.3 is 20.9 Å². The maximum absolute atomic E-state index is 12.3. The average molecular weight is 572 g/mol. The first-order valence-corrected chi connectivity index (χ1v) is 12.5. The van der Waals surface area contributed by atoms with Gasteiger partial charge in [-0.1, -0.05) is 58.0 Å². The van der Waals surface area contributed by atoms with Gasteiger partial charge >= 0.3 is 0 Å². The van der Waals surface area contributed by atoms with E-state index in [0.717, 1.165) is 57.8 Å². The standard InChI is InChI=1S/C26H45N5O.HI/c1-7-26(8-2,30-21(6)22-13-11-10-12-14-22)19-28-25(27-9-3)29-23-15-17-31(18-16-23)24(32)20(4)5;/h10-14,20-21,23,30H,7-9,15-19H2,1-6H3,(H2,27,28,29);1H. The summed E-state index contributed by atoms with van der Waals surface area (Å²) in [5, 5.41) is 10.9. The van der Waals surface area contributed by atoms with Crippen molar-refractivity contribution in [3.8, 4) is 0 Å². The van der Waals surface area contributed by atoms with Gasteiger partial charge in [-0.05, 0) is 45.1 Å². The van der Waals surface area contributed by atoms with Gasteiger partial charge in [0.1, 0.15) is 0 Å². The number of halogens is 1. The van der Waals surface area contributed by atoms with E-state index in [9.17, 15) is 4.79 Å². The zero-order valence-electron chi connectivity index (χ0n) is 21.5. The van der Waals surface area contributed by atoms with Crippen LogP contribution in [0.4, 0.5) is 0 Å². The van der Waals surface area contributed by atoms with Crippen molar-refractivity contribution in [2.75, 3.05) is 26.2 Å². The molecule has 1 aromatic carbocycles. The van der Waals surface area contributed by atoms with Gasteiger partial charge in [0.2, 0.25) is 5.91 Å². The first kappa shape index (κ1) is 29.7. The molecule has 0 saturated carbocycles. The Morgan fingerprint density at radius 2 is 1.70 bits per heavy atom. The molecule has 0 aliphatic carbocycles. The van der Waals surface area contributed by atoms with Crippen molar-refractivity contribution >= 4 is 35.8 Å². The molecule has 1 atom stereocenters. The number of hydrogen-bond donors (Lipinski definition) is 3. The van der Waals surface area contributed by atoms with Gasteiger partial charge in [0.05, 0.1) is 6.54 Å². The van der Waals surface area contributed by atoms with Crippen LogP contribution in [-0.2, 0) is 4.79 Å². The summed E-state index contributed by atoms with van der Waals surface area (Å²) < 4.78 is 0. The van der Waals surface area contributed by atoms with E-state index < -0.39 is 0 Å². The Kier molecular flexibility index (Phi) is 13.3. The first-order valence-electron chi connectivity index (χ1n) is 12.5. The largest absolute Gasteiger partial charge is 0.357 e. The Labute approximate surface area is 218 Å². The normalized spacial score (nSPS) is 16.3. The van der Waals surface area contributed by atoms with Gasteiger partial charge in [0.25, 0.3) is 0 Å². The molecule has 1 fully saturated rings. The summed E-state index contributed by atoms with van der Waals surface area (Å²) >= 11 is 0. The number of aliphatic imine (C=N–C) groups is 1. The molecule has 0 radical (unpaired) electrons. The third-order valence-corrected chi connectivity index (χ3v) is 6.70. The molecule has 7 heteroatoms. The van der Waals surface area contributed by atoms with Crippen LogP contribution in [0.3, 0.4) is 0 Å². The fourth-order valence-corrected chi connectivity index (χ4v) is 4.36. The molecule has 2 rings (SSSR count). The number of likely N-dealkylation sites (tertiary alicyclic amines) is 1. The van der Waals surface area contributed by atoms with Crippen LogP contribution in [0.1, 0.15) is 78.8 Å². The fourth-order valence-electron chi connectivity index (χ4n) is 4.36. The van der Waals surface area contributed by atoms with Crippen molar-refractivity contribution in [3.05, 3.63) is 35.9 Å². The highest BCUT2D eigenvalue weighted by Gasteiger charge is 2.29. The lowest BCUT2D eigenvalue weighted by Crippen LogP contribution is -2.52. The monoisotopic (exact) mass is 571 g/mol. The molecular weight excluding hydrogens is 525 g/mol. The second-order valence-corrected chi connectivity index (χ2v) is 9.36. The summed E-state index contributed by atoms with van der Waals surface area (Å²) in [4.78, 5) is 19.3. The van der Waals surface area contributed by atoms with Gasteiger partial charge in [-0.15, -0.1) is 24.0 Å². The van der Waals surface area contributed by atoms with Crippen LogP contribution < -0.4 is 16.0 Å². The minimum Gasteiger partial charge on any atom is -0.357 e. The lowest BCUT2D eigenvalue weighted by Gasteiger charge is -2.36. The summed E-state index contributed by atoms with van der Waals surface area (Å²) in [6.07, 6.45) is 3.94. The molecule has 1 unspecified atom stereocenters. The number of hydrogen-bond acceptors (Lipinski definition) is 3. The minimum absolute atomic E-state index is 0. The average Bonchev–Trinajstić information content (AvgIpc) is 2.82. The molecule has 1 aromatic rings. The van der Waals surface area contributed by atoms with E-state index in [4.69, 9.17) is 4.99 Å². The molecule has 1 aliphatic heterocycles. The van der Waals surface area contributed by atoms with E-state index in [1.807, 2.05) is 18.7 Å². The summed E-state index contributed by atoms with van der Waals surface area (Å²) in [5.41, 5.74) is 1.25. The Hall–Kier alpha value is -1.35. The number of rotatable bonds is 10. The predicted octanol–water partition coefficient (Wildman–Crippen LogP) is 4.72. The fraction of sp³-hybridized carbons (Fsp3) is 0.692. The number of carbonyl (C=O) groups is 1. The summed E-state index contributed by atoms with van der Waals surface area (Å²) in [7, 11) is 0. The van der Waals surface area contributed by atoms with E-state index >= 15 is 0 Å². The van der Waals surface area contributed by atoms with Crippen molar-refractivity contribution in [3.63, 3.8) is 0 Å². The molecule has 0 spiro atoms. The van der Waals surface area contributed by atoms with Gasteiger partial charge in [-0.2, -0.15) is 0 Å². The van der Waals surface area contributed by atoms with Crippen molar-refractivity contribution < 1.29 is 4.79 Å². The van der Waals surface area contributed by atoms with E-state index in [-0.39, 0.29) is 47.4 Å². The van der Waals surface area contributed by atoms with Crippen molar-refractivity contribution in [2.24, 2.45) is 10.9 Å². The zero-order valence-corrected chi connectivity index (χ0v) is 23.8. The Bertz CT molecular complexity index is 713. The molecule has 188 valence electrons. The highest BCUT2D eigenvalue weighted by Crippen LogP contribution is 2.22. The van der Waals surface area contributed by atoms with Gasteiger partial charge in [0.15, 0.2) is 5.96 Å². The number of carbonyl (C=O) groups excluding carboxylic acids is 1.